The summed E-state index contributed by atoms with van der Waals surface area (Å²) in [5.74, 6) is 0.183. The molecule has 3 N–H and O–H groups in total. The molecule has 1 heterocycles. The number of ether oxygens (including phenoxy) is 1. The van der Waals surface area contributed by atoms with Gasteiger partial charge >= 0.3 is 0 Å². The van der Waals surface area contributed by atoms with E-state index in [0.717, 1.165) is 25.3 Å². The van der Waals surface area contributed by atoms with Gasteiger partial charge in [-0.25, -0.2) is 4.39 Å². The molecule has 16 heavy (non-hydrogen) atoms. The molecule has 0 amide bonds. The van der Waals surface area contributed by atoms with Crippen LogP contribution in [0.5, 0.6) is 0 Å². The molecule has 1 aromatic carbocycles. The Bertz CT molecular complexity index is 350. The van der Waals surface area contributed by atoms with E-state index in [1.165, 1.54) is 12.1 Å². The Morgan fingerprint density at radius 1 is 1.50 bits per heavy atom. The van der Waals surface area contributed by atoms with Crippen molar-refractivity contribution in [1.82, 2.24) is 0 Å². The van der Waals surface area contributed by atoms with E-state index in [-0.39, 0.29) is 11.9 Å². The van der Waals surface area contributed by atoms with Crippen molar-refractivity contribution in [2.75, 3.05) is 24.2 Å². The Hall–Kier alpha value is -1.29. The molecule has 0 aliphatic carbocycles. The summed E-state index contributed by atoms with van der Waals surface area (Å²) < 4.78 is 18.5. The number of halogens is 1. The van der Waals surface area contributed by atoms with Crippen LogP contribution in [0.4, 0.5) is 15.8 Å². The predicted octanol–water partition coefficient (Wildman–Crippen LogP) is 2.24. The van der Waals surface area contributed by atoms with Crippen LogP contribution in [-0.4, -0.2) is 19.3 Å². The summed E-state index contributed by atoms with van der Waals surface area (Å²) in [5.41, 5.74) is 6.74. The van der Waals surface area contributed by atoms with Gasteiger partial charge in [-0.1, -0.05) is 0 Å². The fourth-order valence-electron chi connectivity index (χ4n) is 2.01. The molecule has 0 bridgehead atoms. The van der Waals surface area contributed by atoms with Crippen LogP contribution in [0, 0.1) is 11.7 Å². The molecular weight excluding hydrogens is 207 g/mol. The maximum absolute atomic E-state index is 13.1. The molecule has 1 aromatic rings. The fraction of sp³-hybridized carbons (Fsp3) is 0.500. The lowest BCUT2D eigenvalue weighted by Crippen LogP contribution is -2.20. The van der Waals surface area contributed by atoms with Crippen molar-refractivity contribution in [3.8, 4) is 0 Å². The first-order valence-corrected chi connectivity index (χ1v) is 5.56. The average Bonchev–Trinajstić information content (AvgIpc) is 2.59. The summed E-state index contributed by atoms with van der Waals surface area (Å²) in [6, 6.07) is 4.51. The highest BCUT2D eigenvalue weighted by molar-refractivity contribution is 5.54. The maximum atomic E-state index is 13.1. The third-order valence-corrected chi connectivity index (χ3v) is 3.02. The first kappa shape index (κ1) is 11.2. The van der Waals surface area contributed by atoms with Gasteiger partial charge in [-0.2, -0.15) is 0 Å². The zero-order valence-corrected chi connectivity index (χ0v) is 9.37. The Morgan fingerprint density at radius 2 is 2.31 bits per heavy atom. The van der Waals surface area contributed by atoms with Gasteiger partial charge < -0.3 is 15.8 Å². The van der Waals surface area contributed by atoms with Crippen LogP contribution in [0.15, 0.2) is 18.2 Å². The lowest BCUT2D eigenvalue weighted by Gasteiger charge is -2.15. The predicted molar refractivity (Wildman–Crippen MR) is 62.8 cm³/mol. The van der Waals surface area contributed by atoms with Gasteiger partial charge in [-0.3, -0.25) is 0 Å². The highest BCUT2D eigenvalue weighted by Gasteiger charge is 2.23. The second-order valence-corrected chi connectivity index (χ2v) is 4.28. The van der Waals surface area contributed by atoms with Gasteiger partial charge in [0.15, 0.2) is 0 Å². The minimum absolute atomic E-state index is 0.276. The van der Waals surface area contributed by atoms with Crippen LogP contribution in [0.1, 0.15) is 13.3 Å². The van der Waals surface area contributed by atoms with E-state index in [2.05, 4.69) is 12.2 Å². The van der Waals surface area contributed by atoms with Crippen LogP contribution >= 0.6 is 0 Å². The van der Waals surface area contributed by atoms with Gasteiger partial charge in [0.2, 0.25) is 0 Å². The van der Waals surface area contributed by atoms with Crippen molar-refractivity contribution in [1.29, 1.82) is 0 Å². The molecule has 2 rings (SSSR count). The summed E-state index contributed by atoms with van der Waals surface area (Å²) in [4.78, 5) is 0. The van der Waals surface area contributed by atoms with Crippen molar-refractivity contribution in [3.05, 3.63) is 24.0 Å². The van der Waals surface area contributed by atoms with Gasteiger partial charge in [0, 0.05) is 30.4 Å². The summed E-state index contributed by atoms with van der Waals surface area (Å²) in [6.45, 7) is 3.68. The molecule has 1 aliphatic rings. The number of hydrogen-bond donors (Lipinski definition) is 2. The van der Waals surface area contributed by atoms with Gasteiger partial charge in [-0.05, 0) is 31.5 Å². The average molecular weight is 224 g/mol. The molecule has 2 unspecified atom stereocenters. The van der Waals surface area contributed by atoms with E-state index in [4.69, 9.17) is 10.5 Å². The van der Waals surface area contributed by atoms with E-state index in [1.807, 2.05) is 0 Å². The lowest BCUT2D eigenvalue weighted by molar-refractivity contribution is 0.108. The first-order valence-electron chi connectivity index (χ1n) is 5.56. The van der Waals surface area contributed by atoms with E-state index >= 15 is 0 Å². The molecule has 2 atom stereocenters. The normalized spacial score (nSPS) is 24.6. The Labute approximate surface area is 94.8 Å². The molecule has 0 radical (unpaired) electrons. The molecule has 1 saturated heterocycles. The van der Waals surface area contributed by atoms with Crippen LogP contribution in [0.3, 0.4) is 0 Å². The lowest BCUT2D eigenvalue weighted by atomic mass is 10.0. The smallest absolute Gasteiger partial charge is 0.127 e. The second kappa shape index (κ2) is 4.70. The Morgan fingerprint density at radius 3 is 2.94 bits per heavy atom. The van der Waals surface area contributed by atoms with Gasteiger partial charge in [0.05, 0.1) is 6.10 Å². The van der Waals surface area contributed by atoms with Crippen LogP contribution in [0.25, 0.3) is 0 Å². The topological polar surface area (TPSA) is 47.3 Å². The second-order valence-electron chi connectivity index (χ2n) is 4.28. The fourth-order valence-corrected chi connectivity index (χ4v) is 2.01. The largest absolute Gasteiger partial charge is 0.399 e. The Balaban J connectivity index is 1.94. The molecule has 4 heteroatoms. The van der Waals surface area contributed by atoms with Crippen LogP contribution in [0.2, 0.25) is 0 Å². The Kier molecular flexibility index (Phi) is 3.29. The zero-order valence-electron chi connectivity index (χ0n) is 9.37. The summed E-state index contributed by atoms with van der Waals surface area (Å²) >= 11 is 0. The van der Waals surface area contributed by atoms with Crippen molar-refractivity contribution in [3.63, 3.8) is 0 Å². The number of anilines is 2. The highest BCUT2D eigenvalue weighted by atomic mass is 19.1. The molecule has 88 valence electrons. The zero-order chi connectivity index (χ0) is 11.5. The summed E-state index contributed by atoms with van der Waals surface area (Å²) in [5, 5.41) is 3.20. The summed E-state index contributed by atoms with van der Waals surface area (Å²) in [6.07, 6.45) is 1.33. The first-order chi connectivity index (χ1) is 7.65. The van der Waals surface area contributed by atoms with Crippen molar-refractivity contribution < 1.29 is 9.13 Å². The number of nitrogen functional groups attached to an aromatic ring is 1. The van der Waals surface area contributed by atoms with Gasteiger partial charge in [-0.15, -0.1) is 0 Å². The molecule has 0 aromatic heterocycles. The molecule has 1 aliphatic heterocycles. The number of nitrogens with two attached hydrogens (primary N) is 1. The van der Waals surface area contributed by atoms with Crippen molar-refractivity contribution in [2.45, 2.75) is 19.4 Å². The summed E-state index contributed by atoms with van der Waals surface area (Å²) in [7, 11) is 0. The van der Waals surface area contributed by atoms with Gasteiger partial charge in [0.1, 0.15) is 5.82 Å². The number of rotatable bonds is 3. The minimum atomic E-state index is -0.307. The molecular formula is C12H17FN2O. The molecule has 1 fully saturated rings. The molecule has 0 spiro atoms. The van der Waals surface area contributed by atoms with Gasteiger partial charge in [0.25, 0.3) is 0 Å². The minimum Gasteiger partial charge on any atom is -0.399 e. The quantitative estimate of drug-likeness (QED) is 0.774. The molecule has 0 saturated carbocycles. The SMILES string of the molecule is CC1OCCC1CNc1cc(N)cc(F)c1. The van der Waals surface area contributed by atoms with E-state index in [0.29, 0.717) is 11.6 Å². The third kappa shape index (κ3) is 2.64. The monoisotopic (exact) mass is 224 g/mol. The molecule has 3 nitrogen and oxygen atoms in total. The van der Waals surface area contributed by atoms with E-state index in [1.54, 1.807) is 6.07 Å². The van der Waals surface area contributed by atoms with Crippen LogP contribution < -0.4 is 11.1 Å². The van der Waals surface area contributed by atoms with E-state index in [9.17, 15) is 4.39 Å². The maximum Gasteiger partial charge on any atom is 0.127 e. The number of benzene rings is 1. The van der Waals surface area contributed by atoms with Crippen LogP contribution in [-0.2, 0) is 4.74 Å². The number of nitrogens with one attached hydrogen (secondary N) is 1. The van der Waals surface area contributed by atoms with E-state index < -0.39 is 0 Å². The van der Waals surface area contributed by atoms with Crippen molar-refractivity contribution >= 4 is 11.4 Å². The third-order valence-electron chi connectivity index (χ3n) is 3.02. The number of hydrogen-bond acceptors (Lipinski definition) is 3. The highest BCUT2D eigenvalue weighted by Crippen LogP contribution is 2.22. The standard InChI is InChI=1S/C12H17FN2O/c1-8-9(2-3-16-8)7-15-12-5-10(13)4-11(14)6-12/h4-6,8-9,15H,2-3,7,14H2,1H3. The van der Waals surface area contributed by atoms with Crippen molar-refractivity contribution in [2.24, 2.45) is 5.92 Å².